The zero-order valence-corrected chi connectivity index (χ0v) is 15.9. The lowest BCUT2D eigenvalue weighted by molar-refractivity contribution is 0.0631. The van der Waals surface area contributed by atoms with Crippen molar-refractivity contribution in [2.45, 2.75) is 26.3 Å². The van der Waals surface area contributed by atoms with Crippen LogP contribution >= 0.6 is 0 Å². The Morgan fingerprint density at radius 1 is 1.07 bits per heavy atom. The molecule has 0 bridgehead atoms. The number of urea groups is 1. The second-order valence-electron chi connectivity index (χ2n) is 6.59. The van der Waals surface area contributed by atoms with E-state index in [-0.39, 0.29) is 37.0 Å². The van der Waals surface area contributed by atoms with E-state index in [2.05, 4.69) is 10.6 Å². The minimum atomic E-state index is -0.304. The fraction of sp³-hybridized carbons (Fsp3) is 0.286. The van der Waals surface area contributed by atoms with Gasteiger partial charge >= 0.3 is 6.03 Å². The smallest absolute Gasteiger partial charge is 0.319 e. The molecular weight excluding hydrogens is 358 g/mol. The van der Waals surface area contributed by atoms with Gasteiger partial charge in [0.05, 0.1) is 17.7 Å². The summed E-state index contributed by atoms with van der Waals surface area (Å²) >= 11 is 0. The van der Waals surface area contributed by atoms with E-state index in [4.69, 9.17) is 4.74 Å². The van der Waals surface area contributed by atoms with Crippen LogP contribution in [-0.4, -0.2) is 41.9 Å². The third-order valence-corrected chi connectivity index (χ3v) is 4.54. The molecule has 0 aromatic heterocycles. The molecule has 1 heterocycles. The van der Waals surface area contributed by atoms with Crippen molar-refractivity contribution in [2.24, 2.45) is 0 Å². The molecule has 0 spiro atoms. The van der Waals surface area contributed by atoms with Gasteiger partial charge < -0.3 is 15.4 Å². The second-order valence-corrected chi connectivity index (χ2v) is 6.59. The van der Waals surface area contributed by atoms with Gasteiger partial charge in [-0.25, -0.2) is 4.79 Å². The van der Waals surface area contributed by atoms with Crippen LogP contribution in [0.15, 0.2) is 48.5 Å². The Balaban J connectivity index is 1.54. The predicted octanol–water partition coefficient (Wildman–Crippen LogP) is 3.28. The van der Waals surface area contributed by atoms with Crippen LogP contribution in [0.1, 0.15) is 41.0 Å². The van der Waals surface area contributed by atoms with Crippen molar-refractivity contribution in [1.29, 1.82) is 0 Å². The first-order valence-corrected chi connectivity index (χ1v) is 9.25. The van der Waals surface area contributed by atoms with Gasteiger partial charge in [-0.05, 0) is 37.6 Å². The highest BCUT2D eigenvalue weighted by molar-refractivity contribution is 6.21. The number of hydrogen-bond acceptors (Lipinski definition) is 4. The van der Waals surface area contributed by atoms with Crippen LogP contribution in [0.4, 0.5) is 10.5 Å². The van der Waals surface area contributed by atoms with Crippen LogP contribution in [0.25, 0.3) is 0 Å². The van der Waals surface area contributed by atoms with Crippen molar-refractivity contribution in [3.05, 3.63) is 59.7 Å². The molecule has 7 heteroatoms. The lowest BCUT2D eigenvalue weighted by Gasteiger charge is -2.15. The van der Waals surface area contributed by atoms with Crippen molar-refractivity contribution in [2.75, 3.05) is 18.5 Å². The van der Waals surface area contributed by atoms with Crippen molar-refractivity contribution in [3.63, 3.8) is 0 Å². The van der Waals surface area contributed by atoms with Gasteiger partial charge in [0.15, 0.2) is 0 Å². The first kappa shape index (κ1) is 19.4. The number of rotatable bonds is 7. The summed E-state index contributed by atoms with van der Waals surface area (Å²) in [7, 11) is 0. The fourth-order valence-corrected chi connectivity index (χ4v) is 2.85. The Morgan fingerprint density at radius 3 is 2.39 bits per heavy atom. The Kier molecular flexibility index (Phi) is 5.93. The highest BCUT2D eigenvalue weighted by atomic mass is 16.5. The van der Waals surface area contributed by atoms with Gasteiger partial charge in [-0.15, -0.1) is 0 Å². The highest BCUT2D eigenvalue weighted by Crippen LogP contribution is 2.22. The molecule has 2 aromatic rings. The van der Waals surface area contributed by atoms with E-state index < -0.39 is 0 Å². The van der Waals surface area contributed by atoms with Crippen molar-refractivity contribution < 1.29 is 19.1 Å². The lowest BCUT2D eigenvalue weighted by Crippen LogP contribution is -2.35. The number of ether oxygens (including phenoxy) is 1. The van der Waals surface area contributed by atoms with E-state index in [1.54, 1.807) is 48.5 Å². The predicted molar refractivity (Wildman–Crippen MR) is 106 cm³/mol. The Bertz CT molecular complexity index is 862. The molecule has 4 amide bonds. The highest BCUT2D eigenvalue weighted by Gasteiger charge is 2.34. The molecule has 1 atom stereocenters. The van der Waals surface area contributed by atoms with Crippen LogP contribution in [0, 0.1) is 0 Å². The molecule has 1 unspecified atom stereocenters. The maximum absolute atomic E-state index is 12.3. The molecule has 1 aliphatic rings. The number of nitrogens with one attached hydrogen (secondary N) is 2. The summed E-state index contributed by atoms with van der Waals surface area (Å²) in [6, 6.07) is 13.5. The number of hydrogen-bond donors (Lipinski definition) is 2. The van der Waals surface area contributed by atoms with Gasteiger partial charge in [0.1, 0.15) is 12.4 Å². The third-order valence-electron chi connectivity index (χ3n) is 4.54. The standard InChI is InChI=1S/C21H23N3O4/c1-3-14(2)22-21(27)23-15-7-6-8-16(13-15)28-12-11-24-19(25)17-9-4-5-10-18(17)20(24)26/h4-10,13-14H,3,11-12H2,1-2H3,(H2,22,23,27). The maximum Gasteiger partial charge on any atom is 0.319 e. The average molecular weight is 381 g/mol. The lowest BCUT2D eigenvalue weighted by atomic mass is 10.1. The first-order valence-electron chi connectivity index (χ1n) is 9.25. The van der Waals surface area contributed by atoms with Crippen LogP contribution in [0.2, 0.25) is 0 Å². The largest absolute Gasteiger partial charge is 0.492 e. The number of carbonyl (C=O) groups excluding carboxylic acids is 3. The summed E-state index contributed by atoms with van der Waals surface area (Å²) in [5.74, 6) is -0.0689. The average Bonchev–Trinajstić information content (AvgIpc) is 2.93. The molecule has 7 nitrogen and oxygen atoms in total. The summed E-state index contributed by atoms with van der Waals surface area (Å²) in [6.45, 7) is 4.23. The fourth-order valence-electron chi connectivity index (χ4n) is 2.85. The van der Waals surface area contributed by atoms with Gasteiger partial charge in [-0.3, -0.25) is 14.5 Å². The first-order chi connectivity index (χ1) is 13.5. The van der Waals surface area contributed by atoms with Gasteiger partial charge in [0.2, 0.25) is 0 Å². The number of anilines is 1. The molecule has 3 rings (SSSR count). The summed E-state index contributed by atoms with van der Waals surface area (Å²) in [4.78, 5) is 37.8. The van der Waals surface area contributed by atoms with E-state index in [1.165, 1.54) is 4.90 Å². The minimum Gasteiger partial charge on any atom is -0.492 e. The Morgan fingerprint density at radius 2 is 1.75 bits per heavy atom. The van der Waals surface area contributed by atoms with E-state index in [1.807, 2.05) is 13.8 Å². The summed E-state index contributed by atoms with van der Waals surface area (Å²) < 4.78 is 5.67. The number of benzene rings is 2. The molecule has 0 aliphatic carbocycles. The van der Waals surface area contributed by atoms with Crippen molar-refractivity contribution >= 4 is 23.5 Å². The number of fused-ring (bicyclic) bond motifs is 1. The maximum atomic E-state index is 12.3. The molecule has 0 saturated heterocycles. The Labute approximate surface area is 163 Å². The molecule has 2 aromatic carbocycles. The monoisotopic (exact) mass is 381 g/mol. The molecule has 2 N–H and O–H groups in total. The Hall–Kier alpha value is -3.35. The van der Waals surface area contributed by atoms with Gasteiger partial charge in [0.25, 0.3) is 11.8 Å². The van der Waals surface area contributed by atoms with Gasteiger partial charge in [-0.1, -0.05) is 25.1 Å². The zero-order valence-electron chi connectivity index (χ0n) is 15.9. The minimum absolute atomic E-state index is 0.0825. The summed E-state index contributed by atoms with van der Waals surface area (Å²) in [5.41, 5.74) is 1.44. The van der Waals surface area contributed by atoms with E-state index in [0.717, 1.165) is 6.42 Å². The molecule has 0 radical (unpaired) electrons. The number of nitrogens with zero attached hydrogens (tertiary/aromatic N) is 1. The van der Waals surface area contributed by atoms with E-state index in [9.17, 15) is 14.4 Å². The van der Waals surface area contributed by atoms with E-state index in [0.29, 0.717) is 22.6 Å². The number of imide groups is 1. The third kappa shape index (κ3) is 4.31. The van der Waals surface area contributed by atoms with Gasteiger partial charge in [0, 0.05) is 17.8 Å². The topological polar surface area (TPSA) is 87.7 Å². The van der Waals surface area contributed by atoms with E-state index >= 15 is 0 Å². The number of amides is 4. The van der Waals surface area contributed by atoms with Crippen LogP contribution in [0.3, 0.4) is 0 Å². The molecule has 1 aliphatic heterocycles. The number of carbonyl (C=O) groups is 3. The summed E-state index contributed by atoms with van der Waals surface area (Å²) in [6.07, 6.45) is 0.842. The quantitative estimate of drug-likeness (QED) is 0.721. The molecular formula is C21H23N3O4. The van der Waals surface area contributed by atoms with Gasteiger partial charge in [-0.2, -0.15) is 0 Å². The second kappa shape index (κ2) is 8.56. The van der Waals surface area contributed by atoms with Crippen LogP contribution in [-0.2, 0) is 0 Å². The SMILES string of the molecule is CCC(C)NC(=O)Nc1cccc(OCCN2C(=O)c3ccccc3C2=O)c1. The molecule has 146 valence electrons. The summed E-state index contributed by atoms with van der Waals surface area (Å²) in [5, 5.41) is 5.58. The van der Waals surface area contributed by atoms with Crippen LogP contribution < -0.4 is 15.4 Å². The zero-order chi connectivity index (χ0) is 20.1. The normalized spacial score (nSPS) is 13.9. The van der Waals surface area contributed by atoms with Crippen molar-refractivity contribution in [3.8, 4) is 5.75 Å². The van der Waals surface area contributed by atoms with Crippen LogP contribution in [0.5, 0.6) is 5.75 Å². The molecule has 28 heavy (non-hydrogen) atoms. The van der Waals surface area contributed by atoms with Crippen molar-refractivity contribution in [1.82, 2.24) is 10.2 Å². The molecule has 0 fully saturated rings. The molecule has 0 saturated carbocycles.